The first-order valence-corrected chi connectivity index (χ1v) is 22.4. The van der Waals surface area contributed by atoms with E-state index in [0.717, 1.165) is 67.9 Å². The smallest absolute Gasteiger partial charge is 0.164 e. The second-order valence-corrected chi connectivity index (χ2v) is 17.2. The highest BCUT2D eigenvalue weighted by molar-refractivity contribution is 7.98. The van der Waals surface area contributed by atoms with Crippen molar-refractivity contribution in [1.29, 1.82) is 0 Å². The van der Waals surface area contributed by atoms with Gasteiger partial charge in [-0.05, 0) is 33.4 Å². The highest BCUT2D eigenvalue weighted by Crippen LogP contribution is 2.31. The molecule has 27 aliphatic heterocycles. The molecule has 27 aliphatic rings. The monoisotopic (exact) mass is 792 g/mol. The number of hydrogen-bond acceptors (Lipinski definition) is 9. The van der Waals surface area contributed by atoms with Gasteiger partial charge < -0.3 is 0 Å². The third-order valence-electron chi connectivity index (χ3n) is 10.2. The molecule has 0 saturated heterocycles. The van der Waals surface area contributed by atoms with Gasteiger partial charge >= 0.3 is 0 Å². The molecule has 6 aromatic carbocycles. The lowest BCUT2D eigenvalue weighted by atomic mass is 10.1. The van der Waals surface area contributed by atoms with E-state index in [-0.39, 0.29) is 0 Å². The van der Waals surface area contributed by atoms with Gasteiger partial charge in [-0.25, -0.2) is 29.9 Å². The molecule has 9 heteroatoms. The Kier molecular flexibility index (Phi) is 10.1. The summed E-state index contributed by atoms with van der Waals surface area (Å²) in [6, 6.07) is 51.9. The maximum absolute atomic E-state index is 5.04. The summed E-state index contributed by atoms with van der Waals surface area (Å²) in [6.45, 7) is 0. The van der Waals surface area contributed by atoms with Gasteiger partial charge in [0.2, 0.25) is 0 Å². The third kappa shape index (κ3) is 8.14. The average molecular weight is 793 g/mol. The summed E-state index contributed by atoms with van der Waals surface area (Å²) >= 11 is 5.68. The van der Waals surface area contributed by atoms with Crippen LogP contribution in [0.1, 0.15) is 33.4 Å². The van der Waals surface area contributed by atoms with Gasteiger partial charge in [-0.3, -0.25) is 0 Å². The van der Waals surface area contributed by atoms with Crippen molar-refractivity contribution in [3.8, 4) is 68.3 Å². The topological polar surface area (TPSA) is 77.3 Å². The normalized spacial score (nSPS) is 13.7. The lowest BCUT2D eigenvalue weighted by Crippen LogP contribution is -2.01. The lowest BCUT2D eigenvalue weighted by molar-refractivity contribution is 1.07. The van der Waals surface area contributed by atoms with Gasteiger partial charge in [0.05, 0.1) is 0 Å². The largest absolute Gasteiger partial charge is 0.208 e. The average Bonchev–Trinajstić information content (AvgIpc) is 3.27. The van der Waals surface area contributed by atoms with Crippen LogP contribution in [0.25, 0.3) is 68.3 Å². The number of rotatable bonds is 0. The van der Waals surface area contributed by atoms with Crippen molar-refractivity contribution in [3.05, 3.63) is 179 Å². The van der Waals surface area contributed by atoms with Gasteiger partial charge in [0.25, 0.3) is 0 Å². The number of nitrogens with zero attached hydrogens (tertiary/aromatic N) is 6. The van der Waals surface area contributed by atoms with E-state index in [9.17, 15) is 0 Å². The van der Waals surface area contributed by atoms with Crippen LogP contribution in [0.2, 0.25) is 0 Å². The molecule has 0 N–H and O–H groups in total. The van der Waals surface area contributed by atoms with Crippen LogP contribution in [0.5, 0.6) is 0 Å². The first kappa shape index (κ1) is 35.8. The number of hydrogen-bond donors (Lipinski definition) is 0. The van der Waals surface area contributed by atoms with E-state index in [1.165, 1.54) is 33.4 Å². The molecule has 0 amide bonds. The van der Waals surface area contributed by atoms with Gasteiger partial charge in [-0.1, -0.05) is 146 Å². The van der Waals surface area contributed by atoms with Gasteiger partial charge in [0.15, 0.2) is 34.9 Å². The van der Waals surface area contributed by atoms with E-state index in [1.54, 1.807) is 0 Å². The summed E-state index contributed by atoms with van der Waals surface area (Å²) in [6.07, 6.45) is 0. The molecule has 29 heterocycles. The van der Waals surface area contributed by atoms with Crippen LogP contribution in [0, 0.1) is 0 Å². The van der Waals surface area contributed by atoms with Gasteiger partial charge in [0.1, 0.15) is 0 Å². The zero-order valence-electron chi connectivity index (χ0n) is 31.0. The van der Waals surface area contributed by atoms with Crippen LogP contribution in [0.3, 0.4) is 0 Å². The minimum Gasteiger partial charge on any atom is -0.208 e. The predicted octanol–water partition coefficient (Wildman–Crippen LogP) is 12.0. The van der Waals surface area contributed by atoms with Crippen molar-refractivity contribution in [2.45, 2.75) is 34.5 Å². The van der Waals surface area contributed by atoms with Gasteiger partial charge in [-0.2, -0.15) is 35.3 Å². The Morgan fingerprint density at radius 1 is 0.211 bits per heavy atom. The van der Waals surface area contributed by atoms with E-state index in [4.69, 9.17) is 29.9 Å². The molecule has 276 valence electrons. The Labute approximate surface area is 345 Å². The fourth-order valence-electron chi connectivity index (χ4n) is 6.89. The van der Waals surface area contributed by atoms with E-state index >= 15 is 0 Å². The molecule has 0 fully saturated rings. The summed E-state index contributed by atoms with van der Waals surface area (Å²) < 4.78 is 0. The van der Waals surface area contributed by atoms with Gasteiger partial charge in [0, 0.05) is 67.9 Å². The van der Waals surface area contributed by atoms with Crippen molar-refractivity contribution in [3.63, 3.8) is 0 Å². The van der Waals surface area contributed by atoms with E-state index in [0.29, 0.717) is 34.9 Å². The number of benzene rings is 6. The molecular weight excluding hydrogens is 757 g/mol. The van der Waals surface area contributed by atoms with Crippen LogP contribution in [0.15, 0.2) is 146 Å². The Morgan fingerprint density at radius 2 is 0.351 bits per heavy atom. The summed E-state index contributed by atoms with van der Waals surface area (Å²) in [7, 11) is 0. The minimum absolute atomic E-state index is 0.671. The molecular formula is C48H36N6S3. The van der Waals surface area contributed by atoms with Crippen LogP contribution in [-0.4, -0.2) is 29.9 Å². The Morgan fingerprint density at radius 3 is 0.491 bits per heavy atom. The zero-order valence-corrected chi connectivity index (χ0v) is 33.5. The SMILES string of the molecule is c1cc2ccc1CSCc1ccc(cc1)-c1nc3nc(n1)-c1ccc(cc1)CSCc1ccc(cc1)-c1nc-2nc(n1)-c1ccc(cc1)CSCc1ccc-3cc1. The summed E-state index contributed by atoms with van der Waals surface area (Å²) in [5.41, 5.74) is 13.3. The molecule has 0 spiro atoms. The fourth-order valence-corrected chi connectivity index (χ4v) is 9.76. The second-order valence-electron chi connectivity index (χ2n) is 14.3. The Hall–Kier alpha value is -5.61. The minimum atomic E-state index is 0.671. The predicted molar refractivity (Wildman–Crippen MR) is 237 cm³/mol. The molecule has 0 unspecified atom stereocenters. The Bertz CT molecular complexity index is 2160. The van der Waals surface area contributed by atoms with Crippen LogP contribution < -0.4 is 0 Å². The third-order valence-corrected chi connectivity index (χ3v) is 13.4. The zero-order chi connectivity index (χ0) is 38.0. The number of aromatic nitrogens is 6. The molecule has 35 rings (SSSR count). The summed E-state index contributed by atoms with van der Waals surface area (Å²) in [5.74, 6) is 9.37. The van der Waals surface area contributed by atoms with Crippen molar-refractivity contribution in [2.75, 3.05) is 0 Å². The van der Waals surface area contributed by atoms with Crippen molar-refractivity contribution >= 4 is 35.3 Å². The quantitative estimate of drug-likeness (QED) is 0.149. The van der Waals surface area contributed by atoms with Gasteiger partial charge in [-0.15, -0.1) is 0 Å². The molecule has 0 saturated carbocycles. The van der Waals surface area contributed by atoms with Crippen molar-refractivity contribution in [1.82, 2.24) is 29.9 Å². The molecule has 8 aromatic rings. The van der Waals surface area contributed by atoms with E-state index < -0.39 is 0 Å². The van der Waals surface area contributed by atoms with Crippen molar-refractivity contribution in [2.24, 2.45) is 0 Å². The first-order valence-electron chi connectivity index (χ1n) is 19.0. The standard InChI is InChI=1S/C48H36N6S3/c1-13-37-14-2-31(1)25-55-26-32-3-15-40(16-4-32)46-52-47-41-21-9-35(10-22-41)29-56-27-33-5-17-38(18-6-33)44-49-43(37)50-45(51-44)39-19-7-34(8-20-39)28-57-30-36-11-23-42(24-12-36)48(53-46)54-47/h1-24H,25-30H2. The van der Waals surface area contributed by atoms with Crippen LogP contribution in [0.4, 0.5) is 0 Å². The maximum Gasteiger partial charge on any atom is 0.164 e. The first-order chi connectivity index (χ1) is 28.1. The molecule has 0 atom stereocenters. The molecule has 57 heavy (non-hydrogen) atoms. The second kappa shape index (κ2) is 16.1. The molecule has 2 aromatic heterocycles. The molecule has 0 aliphatic carbocycles. The van der Waals surface area contributed by atoms with Crippen LogP contribution in [-0.2, 0) is 34.5 Å². The highest BCUT2D eigenvalue weighted by Gasteiger charge is 2.16. The summed E-state index contributed by atoms with van der Waals surface area (Å²) in [5, 5.41) is 0. The molecule has 18 bridgehead atoms. The van der Waals surface area contributed by atoms with Crippen LogP contribution >= 0.6 is 35.3 Å². The Balaban J connectivity index is 1.10. The van der Waals surface area contributed by atoms with E-state index in [2.05, 4.69) is 146 Å². The lowest BCUT2D eigenvalue weighted by Gasteiger charge is -2.11. The maximum atomic E-state index is 5.04. The number of thioether (sulfide) groups is 3. The molecule has 6 nitrogen and oxygen atoms in total. The summed E-state index contributed by atoms with van der Waals surface area (Å²) in [4.78, 5) is 30.2. The van der Waals surface area contributed by atoms with Crippen molar-refractivity contribution < 1.29 is 0 Å². The highest BCUT2D eigenvalue weighted by atomic mass is 32.2. The fraction of sp³-hybridized carbons (Fsp3) is 0.125. The van der Waals surface area contributed by atoms with E-state index in [1.807, 2.05) is 35.3 Å². The molecule has 0 radical (unpaired) electrons.